The second-order valence-corrected chi connectivity index (χ2v) is 8.92. The Kier molecular flexibility index (Phi) is 5.56. The summed E-state index contributed by atoms with van der Waals surface area (Å²) in [4.78, 5) is 6.73. The van der Waals surface area contributed by atoms with Crippen molar-refractivity contribution in [2.24, 2.45) is 0 Å². The summed E-state index contributed by atoms with van der Waals surface area (Å²) in [5.74, 6) is 0.214. The van der Waals surface area contributed by atoms with E-state index in [1.54, 1.807) is 18.3 Å². The van der Waals surface area contributed by atoms with E-state index in [1.165, 1.54) is 0 Å². The number of rotatable bonds is 4. The molecule has 0 saturated carbocycles. The van der Waals surface area contributed by atoms with Crippen molar-refractivity contribution >= 4 is 34.6 Å². The molecule has 2 aromatic heterocycles. The average Bonchev–Trinajstić information content (AvgIpc) is 3.31. The van der Waals surface area contributed by atoms with Gasteiger partial charge in [0.2, 0.25) is 0 Å². The van der Waals surface area contributed by atoms with Crippen LogP contribution in [0.3, 0.4) is 0 Å². The summed E-state index contributed by atoms with van der Waals surface area (Å²) in [6, 6.07) is 22.8. The highest BCUT2D eigenvalue weighted by Crippen LogP contribution is 2.44. The van der Waals surface area contributed by atoms with Crippen LogP contribution in [0.2, 0.25) is 5.02 Å². The maximum atomic E-state index is 9.82. The molecule has 166 valence electrons. The number of aromatic hydroxyl groups is 1. The number of hydrogen-bond acceptors (Lipinski definition) is 3. The maximum absolute atomic E-state index is 9.82. The predicted octanol–water partition coefficient (Wildman–Crippen LogP) is 6.03. The summed E-state index contributed by atoms with van der Waals surface area (Å²) >= 11 is 12.4. The van der Waals surface area contributed by atoms with Gasteiger partial charge in [-0.25, -0.2) is 0 Å². The van der Waals surface area contributed by atoms with E-state index in [9.17, 15) is 5.11 Å². The fourth-order valence-electron chi connectivity index (χ4n) is 4.65. The largest absolute Gasteiger partial charge is 0.508 e. The lowest BCUT2D eigenvalue weighted by atomic mass is 9.96. The minimum atomic E-state index is -0.146. The van der Waals surface area contributed by atoms with Gasteiger partial charge >= 0.3 is 0 Å². The molecule has 3 heterocycles. The third kappa shape index (κ3) is 3.75. The normalized spacial score (nSPS) is 17.9. The number of pyridine rings is 1. The third-order valence-electron chi connectivity index (χ3n) is 6.11. The summed E-state index contributed by atoms with van der Waals surface area (Å²) in [7, 11) is 0. The lowest BCUT2D eigenvalue weighted by Gasteiger charge is -2.28. The summed E-state index contributed by atoms with van der Waals surface area (Å²) in [5.41, 5.74) is 6.05. The van der Waals surface area contributed by atoms with E-state index in [-0.39, 0.29) is 17.8 Å². The summed E-state index contributed by atoms with van der Waals surface area (Å²) in [6.07, 6.45) is 1.80. The smallest absolute Gasteiger partial charge is 0.174 e. The summed E-state index contributed by atoms with van der Waals surface area (Å²) < 4.78 is 2.18. The number of nitrogens with one attached hydrogen (secondary N) is 1. The van der Waals surface area contributed by atoms with Gasteiger partial charge in [0.25, 0.3) is 0 Å². The number of phenols is 1. The van der Waals surface area contributed by atoms with Crippen molar-refractivity contribution in [2.45, 2.75) is 25.9 Å². The van der Waals surface area contributed by atoms with Gasteiger partial charge in [0.15, 0.2) is 5.11 Å². The van der Waals surface area contributed by atoms with E-state index >= 15 is 0 Å². The first kappa shape index (κ1) is 21.5. The molecule has 5 nitrogen and oxygen atoms in total. The van der Waals surface area contributed by atoms with Crippen LogP contribution in [0.15, 0.2) is 79.0 Å². The van der Waals surface area contributed by atoms with Gasteiger partial charge in [-0.2, -0.15) is 0 Å². The second-order valence-electron chi connectivity index (χ2n) is 8.13. The van der Waals surface area contributed by atoms with Gasteiger partial charge in [-0.05, 0) is 86.2 Å². The number of benzene rings is 2. The monoisotopic (exact) mass is 474 g/mol. The number of thiocarbonyl (C=S) groups is 1. The standard InChI is InChI=1S/C26H23ClN4OS/c1-16-15-20(17(2)30(16)23-9-4-3-7-21(23)27)25-24(22-8-5-6-14-28-22)29-26(33)31(25)18-10-12-19(32)13-11-18/h3-15,24-25,32H,1-2H3,(H,29,33)/t24-,25+/m0/s1. The van der Waals surface area contributed by atoms with Crippen LogP contribution in [0.4, 0.5) is 5.69 Å². The van der Waals surface area contributed by atoms with Crippen LogP contribution in [0.1, 0.15) is 34.7 Å². The molecule has 0 aliphatic carbocycles. The van der Waals surface area contributed by atoms with E-state index in [4.69, 9.17) is 23.8 Å². The van der Waals surface area contributed by atoms with Crippen LogP contribution < -0.4 is 10.2 Å². The quantitative estimate of drug-likeness (QED) is 0.354. The first-order chi connectivity index (χ1) is 16.0. The number of anilines is 1. The molecule has 1 saturated heterocycles. The molecule has 1 aliphatic heterocycles. The molecular formula is C26H23ClN4OS. The Balaban J connectivity index is 1.69. The number of hydrogen-bond donors (Lipinski definition) is 2. The zero-order valence-electron chi connectivity index (χ0n) is 18.2. The van der Waals surface area contributed by atoms with Crippen molar-refractivity contribution in [1.82, 2.24) is 14.9 Å². The van der Waals surface area contributed by atoms with Crippen molar-refractivity contribution in [3.63, 3.8) is 0 Å². The highest BCUT2D eigenvalue weighted by atomic mass is 35.5. The molecule has 0 radical (unpaired) electrons. The number of halogens is 1. The first-order valence-electron chi connectivity index (χ1n) is 10.7. The van der Waals surface area contributed by atoms with E-state index in [1.807, 2.05) is 54.6 Å². The number of para-hydroxylation sites is 1. The molecule has 1 aliphatic rings. The van der Waals surface area contributed by atoms with Crippen LogP contribution in [-0.2, 0) is 0 Å². The van der Waals surface area contributed by atoms with Gasteiger partial charge < -0.3 is 19.9 Å². The maximum Gasteiger partial charge on any atom is 0.174 e. The minimum Gasteiger partial charge on any atom is -0.508 e. The zero-order chi connectivity index (χ0) is 23.1. The van der Waals surface area contributed by atoms with Crippen molar-refractivity contribution in [3.8, 4) is 11.4 Å². The molecular weight excluding hydrogens is 452 g/mol. The van der Waals surface area contributed by atoms with Gasteiger partial charge in [0, 0.05) is 23.3 Å². The topological polar surface area (TPSA) is 53.3 Å². The van der Waals surface area contributed by atoms with E-state index < -0.39 is 0 Å². The fourth-order valence-corrected chi connectivity index (χ4v) is 5.22. The SMILES string of the molecule is Cc1cc([C@@H]2[C@H](c3ccccn3)NC(=S)N2c2ccc(O)cc2)c(C)n1-c1ccccc1Cl. The van der Waals surface area contributed by atoms with Crippen molar-refractivity contribution in [2.75, 3.05) is 4.90 Å². The molecule has 33 heavy (non-hydrogen) atoms. The average molecular weight is 475 g/mol. The molecule has 0 spiro atoms. The van der Waals surface area contributed by atoms with Gasteiger partial charge in [-0.1, -0.05) is 29.8 Å². The molecule has 0 unspecified atom stereocenters. The van der Waals surface area contributed by atoms with Crippen LogP contribution in [0.25, 0.3) is 5.69 Å². The Hall–Kier alpha value is -3.35. The number of nitrogens with zero attached hydrogens (tertiary/aromatic N) is 3. The predicted molar refractivity (Wildman–Crippen MR) is 136 cm³/mol. The Morgan fingerprint density at radius 3 is 2.42 bits per heavy atom. The Morgan fingerprint density at radius 1 is 1.00 bits per heavy atom. The van der Waals surface area contributed by atoms with Gasteiger partial charge in [-0.15, -0.1) is 0 Å². The molecule has 2 N–H and O–H groups in total. The number of phenolic OH excluding ortho intramolecular Hbond substituents is 1. The minimum absolute atomic E-state index is 0.139. The Morgan fingerprint density at radius 2 is 1.73 bits per heavy atom. The van der Waals surface area contributed by atoms with Crippen LogP contribution in [0.5, 0.6) is 5.75 Å². The lowest BCUT2D eigenvalue weighted by Crippen LogP contribution is -2.29. The van der Waals surface area contributed by atoms with E-state index in [0.717, 1.165) is 34.0 Å². The first-order valence-corrected chi connectivity index (χ1v) is 11.5. The Labute approximate surface area is 203 Å². The molecule has 1 fully saturated rings. The zero-order valence-corrected chi connectivity index (χ0v) is 19.8. The van der Waals surface area contributed by atoms with Gasteiger partial charge in [0.1, 0.15) is 5.75 Å². The molecule has 0 amide bonds. The molecule has 0 bridgehead atoms. The lowest BCUT2D eigenvalue weighted by molar-refractivity contribution is 0.475. The molecule has 4 aromatic rings. The van der Waals surface area contributed by atoms with Crippen LogP contribution >= 0.6 is 23.8 Å². The van der Waals surface area contributed by atoms with Crippen molar-refractivity contribution in [3.05, 3.63) is 107 Å². The van der Waals surface area contributed by atoms with E-state index in [0.29, 0.717) is 10.1 Å². The number of aromatic nitrogens is 2. The highest BCUT2D eigenvalue weighted by Gasteiger charge is 2.42. The van der Waals surface area contributed by atoms with Crippen molar-refractivity contribution < 1.29 is 5.11 Å². The Bertz CT molecular complexity index is 1320. The van der Waals surface area contributed by atoms with Crippen LogP contribution in [0, 0.1) is 13.8 Å². The third-order valence-corrected chi connectivity index (χ3v) is 6.74. The molecule has 2 atom stereocenters. The van der Waals surface area contributed by atoms with Crippen LogP contribution in [-0.4, -0.2) is 19.8 Å². The van der Waals surface area contributed by atoms with Crippen molar-refractivity contribution in [1.29, 1.82) is 0 Å². The van der Waals surface area contributed by atoms with Gasteiger partial charge in [0.05, 0.1) is 28.5 Å². The summed E-state index contributed by atoms with van der Waals surface area (Å²) in [6.45, 7) is 4.19. The molecule has 7 heteroatoms. The highest BCUT2D eigenvalue weighted by molar-refractivity contribution is 7.80. The van der Waals surface area contributed by atoms with E-state index in [2.05, 4.69) is 39.7 Å². The summed E-state index contributed by atoms with van der Waals surface area (Å²) in [5, 5.41) is 14.6. The van der Waals surface area contributed by atoms with Gasteiger partial charge in [-0.3, -0.25) is 4.98 Å². The second kappa shape index (κ2) is 8.54. The number of aryl methyl sites for hydroxylation is 1. The molecule has 5 rings (SSSR count). The fraction of sp³-hybridized carbons (Fsp3) is 0.154. The molecule has 2 aromatic carbocycles.